The molecule has 1 aliphatic heterocycles. The lowest BCUT2D eigenvalue weighted by Gasteiger charge is -2.16. The molecule has 21 heavy (non-hydrogen) atoms. The van der Waals surface area contributed by atoms with Gasteiger partial charge in [-0.2, -0.15) is 0 Å². The topological polar surface area (TPSA) is 63.7 Å². The van der Waals surface area contributed by atoms with Crippen molar-refractivity contribution in [1.82, 2.24) is 4.90 Å². The predicted molar refractivity (Wildman–Crippen MR) is 78.4 cm³/mol. The van der Waals surface area contributed by atoms with Gasteiger partial charge in [-0.3, -0.25) is 4.79 Å². The Morgan fingerprint density at radius 1 is 1.38 bits per heavy atom. The first-order chi connectivity index (χ1) is 9.79. The summed E-state index contributed by atoms with van der Waals surface area (Å²) in [5.74, 6) is -1.17. The Labute approximate surface area is 134 Å². The molecule has 1 saturated heterocycles. The molecule has 0 radical (unpaired) electrons. The maximum absolute atomic E-state index is 13.7. The number of likely N-dealkylation sites (tertiary alicyclic amines) is 1. The van der Waals surface area contributed by atoms with Crippen LogP contribution < -0.4 is 4.74 Å². The minimum absolute atomic E-state index is 0.0455. The van der Waals surface area contributed by atoms with Crippen LogP contribution in [-0.2, 0) is 13.8 Å². The van der Waals surface area contributed by atoms with Crippen molar-refractivity contribution < 1.29 is 22.3 Å². The highest BCUT2D eigenvalue weighted by molar-refractivity contribution is 9.10. The summed E-state index contributed by atoms with van der Waals surface area (Å²) in [6.45, 7) is 1.16. The average Bonchev–Trinajstić information content (AvgIpc) is 2.91. The summed E-state index contributed by atoms with van der Waals surface area (Å²) in [7, 11) is 0.931. The molecule has 1 heterocycles. The quantitative estimate of drug-likeness (QED) is 0.729. The Kier molecular flexibility index (Phi) is 5.11. The number of hydrogen-bond acceptors (Lipinski definition) is 4. The minimum atomic E-state index is -4.18. The van der Waals surface area contributed by atoms with Crippen LogP contribution in [0.3, 0.4) is 0 Å². The van der Waals surface area contributed by atoms with Gasteiger partial charge in [-0.25, -0.2) is 12.8 Å². The van der Waals surface area contributed by atoms with Gasteiger partial charge in [0.05, 0.1) is 4.47 Å². The standard InChI is InChI=1S/C12H12BrClFNO4S/c13-8-5-11(21(14,18)19)9(15)6-10(8)20-7-12(17)16-3-1-2-4-16/h5-6H,1-4,7H2. The van der Waals surface area contributed by atoms with E-state index in [1.165, 1.54) is 0 Å². The van der Waals surface area contributed by atoms with Gasteiger partial charge < -0.3 is 9.64 Å². The van der Waals surface area contributed by atoms with Crippen LogP contribution in [0.25, 0.3) is 0 Å². The fourth-order valence-corrected chi connectivity index (χ4v) is 3.52. The molecule has 1 aliphatic rings. The molecule has 116 valence electrons. The van der Waals surface area contributed by atoms with E-state index in [0.29, 0.717) is 13.1 Å². The van der Waals surface area contributed by atoms with Crippen LogP contribution in [0.1, 0.15) is 12.8 Å². The summed E-state index contributed by atoms with van der Waals surface area (Å²) in [6, 6.07) is 1.89. The molecule has 5 nitrogen and oxygen atoms in total. The summed E-state index contributed by atoms with van der Waals surface area (Å²) in [6.07, 6.45) is 1.93. The zero-order valence-corrected chi connectivity index (χ0v) is 14.0. The first-order valence-corrected chi connectivity index (χ1v) is 9.23. The number of hydrogen-bond donors (Lipinski definition) is 0. The molecule has 0 aromatic heterocycles. The highest BCUT2D eigenvalue weighted by atomic mass is 79.9. The van der Waals surface area contributed by atoms with Crippen molar-refractivity contribution in [2.24, 2.45) is 0 Å². The molecule has 0 bridgehead atoms. The maximum Gasteiger partial charge on any atom is 0.264 e. The van der Waals surface area contributed by atoms with Crippen LogP contribution in [0.5, 0.6) is 5.75 Å². The van der Waals surface area contributed by atoms with Gasteiger partial charge in [-0.05, 0) is 34.8 Å². The molecule has 0 N–H and O–H groups in total. The van der Waals surface area contributed by atoms with Crippen LogP contribution >= 0.6 is 26.6 Å². The predicted octanol–water partition coefficient (Wildman–Crippen LogP) is 2.52. The second-order valence-corrected chi connectivity index (χ2v) is 7.92. The van der Waals surface area contributed by atoms with Crippen molar-refractivity contribution in [2.75, 3.05) is 19.7 Å². The summed E-state index contributed by atoms with van der Waals surface area (Å²) in [5, 5.41) is 0. The van der Waals surface area contributed by atoms with Gasteiger partial charge >= 0.3 is 0 Å². The molecule has 9 heteroatoms. The third-order valence-corrected chi connectivity index (χ3v) is 5.02. The van der Waals surface area contributed by atoms with E-state index in [1.54, 1.807) is 4.90 Å². The van der Waals surface area contributed by atoms with E-state index in [2.05, 4.69) is 15.9 Å². The van der Waals surface area contributed by atoms with Crippen LogP contribution in [0.4, 0.5) is 4.39 Å². The van der Waals surface area contributed by atoms with Gasteiger partial charge in [0.15, 0.2) is 6.61 Å². The fraction of sp³-hybridized carbons (Fsp3) is 0.417. The maximum atomic E-state index is 13.7. The fourth-order valence-electron chi connectivity index (χ4n) is 2.01. The highest BCUT2D eigenvalue weighted by Crippen LogP contribution is 2.31. The molecular formula is C12H12BrClFNO4S. The number of rotatable bonds is 4. The number of carbonyl (C=O) groups is 1. The van der Waals surface area contributed by atoms with Gasteiger partial charge in [-0.15, -0.1) is 0 Å². The zero-order chi connectivity index (χ0) is 15.6. The van der Waals surface area contributed by atoms with E-state index in [9.17, 15) is 17.6 Å². The first kappa shape index (κ1) is 16.5. The minimum Gasteiger partial charge on any atom is -0.482 e. The molecule has 0 spiro atoms. The lowest BCUT2D eigenvalue weighted by atomic mass is 10.3. The van der Waals surface area contributed by atoms with Crippen molar-refractivity contribution in [3.8, 4) is 5.75 Å². The van der Waals surface area contributed by atoms with Crippen LogP contribution in [0.2, 0.25) is 0 Å². The smallest absolute Gasteiger partial charge is 0.264 e. The molecule has 0 atom stereocenters. The monoisotopic (exact) mass is 399 g/mol. The number of ether oxygens (including phenoxy) is 1. The van der Waals surface area contributed by atoms with Crippen molar-refractivity contribution in [2.45, 2.75) is 17.7 Å². The summed E-state index contributed by atoms with van der Waals surface area (Å²) in [4.78, 5) is 12.8. The van der Waals surface area contributed by atoms with Crippen molar-refractivity contribution >= 4 is 41.6 Å². The Morgan fingerprint density at radius 3 is 2.57 bits per heavy atom. The van der Waals surface area contributed by atoms with E-state index in [-0.39, 0.29) is 22.7 Å². The second kappa shape index (κ2) is 6.50. The van der Waals surface area contributed by atoms with E-state index in [0.717, 1.165) is 25.0 Å². The van der Waals surface area contributed by atoms with Gasteiger partial charge in [0, 0.05) is 29.8 Å². The Balaban J connectivity index is 2.10. The number of nitrogens with zero attached hydrogens (tertiary/aromatic N) is 1. The summed E-state index contributed by atoms with van der Waals surface area (Å²) >= 11 is 3.07. The van der Waals surface area contributed by atoms with E-state index in [1.807, 2.05) is 0 Å². The molecule has 0 aliphatic carbocycles. The van der Waals surface area contributed by atoms with Crippen molar-refractivity contribution in [3.63, 3.8) is 0 Å². The van der Waals surface area contributed by atoms with E-state index in [4.69, 9.17) is 15.4 Å². The Bertz CT molecular complexity index is 661. The lowest BCUT2D eigenvalue weighted by molar-refractivity contribution is -0.132. The zero-order valence-electron chi connectivity index (χ0n) is 10.8. The lowest BCUT2D eigenvalue weighted by Crippen LogP contribution is -2.32. The molecule has 1 amide bonds. The molecule has 2 rings (SSSR count). The number of carbonyl (C=O) groups excluding carboxylic acids is 1. The SMILES string of the molecule is O=C(COc1cc(F)c(S(=O)(=O)Cl)cc1Br)N1CCCC1. The number of amides is 1. The molecule has 1 aromatic carbocycles. The van der Waals surface area contributed by atoms with Crippen molar-refractivity contribution in [1.29, 1.82) is 0 Å². The largest absolute Gasteiger partial charge is 0.482 e. The van der Waals surface area contributed by atoms with Gasteiger partial charge in [-0.1, -0.05) is 0 Å². The van der Waals surface area contributed by atoms with E-state index < -0.39 is 19.8 Å². The van der Waals surface area contributed by atoms with Crippen LogP contribution in [0.15, 0.2) is 21.5 Å². The molecule has 0 saturated carbocycles. The van der Waals surface area contributed by atoms with Crippen LogP contribution in [-0.4, -0.2) is 38.9 Å². The highest BCUT2D eigenvalue weighted by Gasteiger charge is 2.21. The third-order valence-electron chi connectivity index (χ3n) is 3.06. The normalized spacial score (nSPS) is 15.3. The summed E-state index contributed by atoms with van der Waals surface area (Å²) in [5.41, 5.74) is 0. The van der Waals surface area contributed by atoms with Crippen molar-refractivity contribution in [3.05, 3.63) is 22.4 Å². The Hall–Kier alpha value is -0.860. The average molecular weight is 401 g/mol. The number of halogens is 3. The number of benzene rings is 1. The van der Waals surface area contributed by atoms with Gasteiger partial charge in [0.1, 0.15) is 16.5 Å². The molecule has 0 unspecified atom stereocenters. The second-order valence-electron chi connectivity index (χ2n) is 4.53. The van der Waals surface area contributed by atoms with Crippen LogP contribution in [0, 0.1) is 5.82 Å². The van der Waals surface area contributed by atoms with Gasteiger partial charge in [0.2, 0.25) is 0 Å². The van der Waals surface area contributed by atoms with E-state index >= 15 is 0 Å². The van der Waals surface area contributed by atoms with Gasteiger partial charge in [0.25, 0.3) is 15.0 Å². The summed E-state index contributed by atoms with van der Waals surface area (Å²) < 4.78 is 41.5. The Morgan fingerprint density at radius 2 is 2.00 bits per heavy atom. The molecule has 1 aromatic rings. The third kappa shape index (κ3) is 4.08. The first-order valence-electron chi connectivity index (χ1n) is 6.13. The molecular weight excluding hydrogens is 389 g/mol. The molecule has 1 fully saturated rings.